The lowest BCUT2D eigenvalue weighted by Gasteiger charge is -2.27. The van der Waals surface area contributed by atoms with Crippen LogP contribution in [0.3, 0.4) is 0 Å². The molecule has 0 spiro atoms. The summed E-state index contributed by atoms with van der Waals surface area (Å²) in [6.07, 6.45) is 0.901. The van der Waals surface area contributed by atoms with Gasteiger partial charge in [-0.1, -0.05) is 50.7 Å². The quantitative estimate of drug-likeness (QED) is 0.435. The van der Waals surface area contributed by atoms with E-state index in [1.54, 1.807) is 0 Å². The number of carbonyl (C=O) groups excluding carboxylic acids is 1. The molecule has 1 aromatic rings. The zero-order valence-corrected chi connectivity index (χ0v) is 12.4. The minimum atomic E-state index is -0.0411. The van der Waals surface area contributed by atoms with E-state index in [1.807, 2.05) is 12.1 Å². The van der Waals surface area contributed by atoms with E-state index >= 15 is 0 Å². The first kappa shape index (κ1) is 12.4. The zero-order chi connectivity index (χ0) is 11.5. The van der Waals surface area contributed by atoms with Gasteiger partial charge in [-0.15, -0.1) is 0 Å². The number of esters is 1. The Morgan fingerprint density at radius 1 is 1.50 bits per heavy atom. The summed E-state index contributed by atoms with van der Waals surface area (Å²) in [4.78, 5) is 11.4. The predicted molar refractivity (Wildman–Crippen MR) is 74.8 cm³/mol. The lowest BCUT2D eigenvalue weighted by atomic mass is 9.88. The van der Waals surface area contributed by atoms with Crippen LogP contribution in [0.15, 0.2) is 28.7 Å². The lowest BCUT2D eigenvalue weighted by Crippen LogP contribution is -2.30. The third-order valence-corrected chi connectivity index (χ3v) is 4.39. The molecular weight excluding hydrogens is 383 g/mol. The molecule has 0 amide bonds. The fourth-order valence-corrected chi connectivity index (χ4v) is 3.06. The first-order chi connectivity index (χ1) is 7.70. The number of rotatable bonds is 2. The van der Waals surface area contributed by atoms with Crippen molar-refractivity contribution in [2.45, 2.75) is 12.3 Å². The average Bonchev–Trinajstić information content (AvgIpc) is 2.29. The number of hydrogen-bond acceptors (Lipinski definition) is 2. The van der Waals surface area contributed by atoms with Gasteiger partial charge in [0.25, 0.3) is 0 Å². The van der Waals surface area contributed by atoms with E-state index in [0.29, 0.717) is 12.5 Å². The Kier molecular flexibility index (Phi) is 4.24. The highest BCUT2D eigenvalue weighted by molar-refractivity contribution is 14.1. The molecular formula is C12H12BrIO2. The number of halogens is 2. The van der Waals surface area contributed by atoms with Gasteiger partial charge in [0.05, 0.1) is 12.5 Å². The molecule has 0 N–H and O–H groups in total. The molecule has 4 heteroatoms. The Hall–Kier alpha value is -0.100. The van der Waals surface area contributed by atoms with Crippen LogP contribution in [0.4, 0.5) is 0 Å². The Labute approximate surface area is 117 Å². The molecule has 1 heterocycles. The van der Waals surface area contributed by atoms with Crippen molar-refractivity contribution in [3.8, 4) is 0 Å². The number of cyclic esters (lactones) is 1. The van der Waals surface area contributed by atoms with Crippen molar-refractivity contribution >= 4 is 44.5 Å². The van der Waals surface area contributed by atoms with E-state index < -0.39 is 0 Å². The molecule has 2 unspecified atom stereocenters. The Morgan fingerprint density at radius 3 is 3.00 bits per heavy atom. The minimum Gasteiger partial charge on any atom is -0.465 e. The molecule has 2 nitrogen and oxygen atoms in total. The number of ether oxygens (including phenoxy) is 1. The van der Waals surface area contributed by atoms with Gasteiger partial charge < -0.3 is 4.74 Å². The van der Waals surface area contributed by atoms with E-state index in [-0.39, 0.29) is 11.9 Å². The van der Waals surface area contributed by atoms with Crippen LogP contribution in [0.25, 0.3) is 0 Å². The van der Waals surface area contributed by atoms with Crippen LogP contribution in [0.2, 0.25) is 0 Å². The third-order valence-electron chi connectivity index (χ3n) is 2.84. The fraction of sp³-hybridized carbons (Fsp3) is 0.417. The average molecular weight is 395 g/mol. The molecule has 0 saturated carbocycles. The molecule has 1 aromatic carbocycles. The molecule has 1 fully saturated rings. The van der Waals surface area contributed by atoms with Gasteiger partial charge in [0.1, 0.15) is 0 Å². The summed E-state index contributed by atoms with van der Waals surface area (Å²) in [5.41, 5.74) is 1.25. The maximum absolute atomic E-state index is 11.4. The SMILES string of the molecule is O=C1OCC(c2cccc(Br)c2)CC1CI. The van der Waals surface area contributed by atoms with Gasteiger partial charge in [0.15, 0.2) is 0 Å². The highest BCUT2D eigenvalue weighted by atomic mass is 127. The third kappa shape index (κ3) is 2.77. The standard InChI is InChI=1S/C12H12BrIO2/c13-11-3-1-2-8(5-11)10-4-9(6-14)12(15)16-7-10/h1-3,5,9-10H,4,6-7H2. The van der Waals surface area contributed by atoms with Gasteiger partial charge in [-0.3, -0.25) is 4.79 Å². The van der Waals surface area contributed by atoms with Crippen molar-refractivity contribution in [1.82, 2.24) is 0 Å². The van der Waals surface area contributed by atoms with Crippen LogP contribution in [0, 0.1) is 5.92 Å². The molecule has 0 radical (unpaired) electrons. The van der Waals surface area contributed by atoms with E-state index in [1.165, 1.54) is 5.56 Å². The Balaban J connectivity index is 2.14. The normalized spacial score (nSPS) is 25.2. The smallest absolute Gasteiger partial charge is 0.309 e. The molecule has 1 aliphatic heterocycles. The monoisotopic (exact) mass is 394 g/mol. The van der Waals surface area contributed by atoms with Crippen molar-refractivity contribution in [1.29, 1.82) is 0 Å². The van der Waals surface area contributed by atoms with Crippen LogP contribution in [-0.2, 0) is 9.53 Å². The molecule has 0 bridgehead atoms. The summed E-state index contributed by atoms with van der Waals surface area (Å²) in [5.74, 6) is 0.356. The van der Waals surface area contributed by atoms with E-state index in [4.69, 9.17) is 4.74 Å². The lowest BCUT2D eigenvalue weighted by molar-refractivity contribution is -0.152. The topological polar surface area (TPSA) is 26.3 Å². The van der Waals surface area contributed by atoms with Gasteiger partial charge in [-0.2, -0.15) is 0 Å². The summed E-state index contributed by atoms with van der Waals surface area (Å²) in [6, 6.07) is 8.23. The number of benzene rings is 1. The van der Waals surface area contributed by atoms with Crippen molar-refractivity contribution < 1.29 is 9.53 Å². The molecule has 86 valence electrons. The molecule has 1 saturated heterocycles. The van der Waals surface area contributed by atoms with Crippen LogP contribution < -0.4 is 0 Å². The first-order valence-corrected chi connectivity index (χ1v) is 7.50. The summed E-state index contributed by atoms with van der Waals surface area (Å²) >= 11 is 5.71. The maximum atomic E-state index is 11.4. The summed E-state index contributed by atoms with van der Waals surface area (Å²) in [5, 5.41) is 0. The van der Waals surface area contributed by atoms with Crippen LogP contribution in [-0.4, -0.2) is 17.0 Å². The number of alkyl halides is 1. The van der Waals surface area contributed by atoms with E-state index in [2.05, 4.69) is 50.7 Å². The Morgan fingerprint density at radius 2 is 2.31 bits per heavy atom. The molecule has 0 aliphatic carbocycles. The van der Waals surface area contributed by atoms with Gasteiger partial charge >= 0.3 is 5.97 Å². The van der Waals surface area contributed by atoms with Crippen molar-refractivity contribution in [2.24, 2.45) is 5.92 Å². The van der Waals surface area contributed by atoms with Gasteiger partial charge in [0, 0.05) is 14.8 Å². The van der Waals surface area contributed by atoms with Gasteiger partial charge in [-0.25, -0.2) is 0 Å². The highest BCUT2D eigenvalue weighted by Gasteiger charge is 2.30. The van der Waals surface area contributed by atoms with E-state index in [9.17, 15) is 4.79 Å². The first-order valence-electron chi connectivity index (χ1n) is 5.18. The summed E-state index contributed by atoms with van der Waals surface area (Å²) in [6.45, 7) is 0.516. The summed E-state index contributed by atoms with van der Waals surface area (Å²) in [7, 11) is 0. The summed E-state index contributed by atoms with van der Waals surface area (Å²) < 4.78 is 7.14. The molecule has 2 atom stereocenters. The van der Waals surface area contributed by atoms with Crippen LogP contribution >= 0.6 is 38.5 Å². The highest BCUT2D eigenvalue weighted by Crippen LogP contribution is 2.31. The fourth-order valence-electron chi connectivity index (χ4n) is 1.93. The van der Waals surface area contributed by atoms with Gasteiger partial charge in [0.2, 0.25) is 0 Å². The second-order valence-corrected chi connectivity index (χ2v) is 5.77. The number of hydrogen-bond donors (Lipinski definition) is 0. The van der Waals surface area contributed by atoms with Gasteiger partial charge in [-0.05, 0) is 24.1 Å². The Bertz CT molecular complexity index is 394. The zero-order valence-electron chi connectivity index (χ0n) is 8.66. The molecule has 0 aromatic heterocycles. The second kappa shape index (κ2) is 5.49. The van der Waals surface area contributed by atoms with Crippen molar-refractivity contribution in [3.63, 3.8) is 0 Å². The minimum absolute atomic E-state index is 0.0411. The van der Waals surface area contributed by atoms with E-state index in [0.717, 1.165) is 15.3 Å². The van der Waals surface area contributed by atoms with Crippen molar-refractivity contribution in [2.75, 3.05) is 11.0 Å². The number of carbonyl (C=O) groups is 1. The van der Waals surface area contributed by atoms with Crippen LogP contribution in [0.1, 0.15) is 17.9 Å². The molecule has 2 rings (SSSR count). The molecule has 1 aliphatic rings. The molecule has 16 heavy (non-hydrogen) atoms. The second-order valence-electron chi connectivity index (χ2n) is 3.97. The maximum Gasteiger partial charge on any atom is 0.309 e. The predicted octanol–water partition coefficient (Wildman–Crippen LogP) is 3.53. The largest absolute Gasteiger partial charge is 0.465 e. The van der Waals surface area contributed by atoms with Crippen LogP contribution in [0.5, 0.6) is 0 Å². The van der Waals surface area contributed by atoms with Crippen molar-refractivity contribution in [3.05, 3.63) is 34.3 Å².